The Labute approximate surface area is 192 Å². The van der Waals surface area contributed by atoms with Crippen LogP contribution in [0.15, 0.2) is 52.4 Å². The van der Waals surface area contributed by atoms with Crippen molar-refractivity contribution < 1.29 is 9.53 Å². The van der Waals surface area contributed by atoms with E-state index in [9.17, 15) is 9.59 Å². The van der Waals surface area contributed by atoms with Crippen LogP contribution in [0, 0.1) is 6.92 Å². The van der Waals surface area contributed by atoms with Gasteiger partial charge >= 0.3 is 0 Å². The first-order chi connectivity index (χ1) is 15.4. The van der Waals surface area contributed by atoms with Gasteiger partial charge in [-0.1, -0.05) is 53.2 Å². The molecule has 32 heavy (non-hydrogen) atoms. The van der Waals surface area contributed by atoms with Gasteiger partial charge in [0.1, 0.15) is 11.4 Å². The van der Waals surface area contributed by atoms with E-state index < -0.39 is 0 Å². The van der Waals surface area contributed by atoms with Gasteiger partial charge in [-0.3, -0.25) is 14.6 Å². The number of benzene rings is 2. The molecule has 0 aliphatic carbocycles. The molecular formula is C21H19ClN6O3S. The number of amides is 1. The SMILES string of the molecule is COc1ccc(Cl)cc1NC(=O)CSc1nnc2[nH]c(=O)c(Cc3ccc(C)cc3)nn12. The van der Waals surface area contributed by atoms with E-state index in [1.165, 1.54) is 11.6 Å². The van der Waals surface area contributed by atoms with Crippen molar-refractivity contribution in [1.29, 1.82) is 0 Å². The van der Waals surface area contributed by atoms with Crippen LogP contribution in [0.25, 0.3) is 5.78 Å². The topological polar surface area (TPSA) is 114 Å². The van der Waals surface area contributed by atoms with Crippen molar-refractivity contribution in [3.05, 3.63) is 74.7 Å². The van der Waals surface area contributed by atoms with Crippen molar-refractivity contribution in [2.75, 3.05) is 18.2 Å². The third-order valence-corrected chi connectivity index (χ3v) is 5.73. The van der Waals surface area contributed by atoms with Crippen LogP contribution in [0.4, 0.5) is 5.69 Å². The van der Waals surface area contributed by atoms with Crippen molar-refractivity contribution in [3.8, 4) is 5.75 Å². The predicted octanol–water partition coefficient (Wildman–Crippen LogP) is 3.10. The van der Waals surface area contributed by atoms with Crippen LogP contribution in [-0.4, -0.2) is 43.6 Å². The van der Waals surface area contributed by atoms with Gasteiger partial charge in [0.25, 0.3) is 11.3 Å². The minimum absolute atomic E-state index is 0.0462. The number of nitrogens with one attached hydrogen (secondary N) is 2. The largest absolute Gasteiger partial charge is 0.495 e. The fourth-order valence-corrected chi connectivity index (χ4v) is 3.83. The van der Waals surface area contributed by atoms with Crippen molar-refractivity contribution in [2.24, 2.45) is 0 Å². The number of nitrogens with zero attached hydrogens (tertiary/aromatic N) is 4. The number of hydrogen-bond acceptors (Lipinski definition) is 7. The van der Waals surface area contributed by atoms with Gasteiger partial charge in [-0.25, -0.2) is 0 Å². The summed E-state index contributed by atoms with van der Waals surface area (Å²) in [5.41, 5.74) is 2.57. The molecule has 0 atom stereocenters. The molecule has 0 aliphatic rings. The van der Waals surface area contributed by atoms with Crippen LogP contribution < -0.4 is 15.6 Å². The third kappa shape index (κ3) is 4.92. The molecule has 2 heterocycles. The molecule has 164 valence electrons. The standard InChI is InChI=1S/C21H19ClN6O3S/c1-12-3-5-13(6-4-12)9-16-19(30)24-20-25-26-21(28(20)27-16)32-11-18(29)23-15-10-14(22)7-8-17(15)31-2/h3-8,10H,9,11H2,1-2H3,(H,23,29)(H,24,25,30). The first kappa shape index (κ1) is 21.8. The number of ether oxygens (including phenoxy) is 1. The van der Waals surface area contributed by atoms with Gasteiger partial charge in [0.2, 0.25) is 11.1 Å². The Morgan fingerprint density at radius 3 is 2.75 bits per heavy atom. The van der Waals surface area contributed by atoms with Crippen LogP contribution in [0.5, 0.6) is 5.75 Å². The van der Waals surface area contributed by atoms with Gasteiger partial charge < -0.3 is 10.1 Å². The van der Waals surface area contributed by atoms with Gasteiger partial charge in [-0.05, 0) is 30.7 Å². The number of H-pyrrole nitrogens is 1. The summed E-state index contributed by atoms with van der Waals surface area (Å²) < 4.78 is 6.67. The van der Waals surface area contributed by atoms with Crippen molar-refractivity contribution in [1.82, 2.24) is 24.8 Å². The molecule has 2 aromatic heterocycles. The summed E-state index contributed by atoms with van der Waals surface area (Å²) in [5, 5.41) is 16.0. The van der Waals surface area contributed by atoms with Gasteiger partial charge in [0, 0.05) is 11.4 Å². The summed E-state index contributed by atoms with van der Waals surface area (Å²) in [6.45, 7) is 2.00. The van der Waals surface area contributed by atoms with Gasteiger partial charge in [-0.2, -0.15) is 9.61 Å². The Morgan fingerprint density at radius 1 is 1.22 bits per heavy atom. The van der Waals surface area contributed by atoms with Crippen molar-refractivity contribution >= 4 is 40.7 Å². The van der Waals surface area contributed by atoms with E-state index in [0.717, 1.165) is 22.9 Å². The maximum Gasteiger partial charge on any atom is 0.274 e. The summed E-state index contributed by atoms with van der Waals surface area (Å²) in [5.74, 6) is 0.476. The summed E-state index contributed by atoms with van der Waals surface area (Å²) in [4.78, 5) is 27.5. The Hall–Kier alpha value is -3.37. The molecule has 4 aromatic rings. The number of aromatic nitrogens is 5. The number of fused-ring (bicyclic) bond motifs is 1. The zero-order chi connectivity index (χ0) is 22.7. The number of halogens is 1. The van der Waals surface area contributed by atoms with E-state index in [-0.39, 0.29) is 23.0 Å². The summed E-state index contributed by atoms with van der Waals surface area (Å²) in [7, 11) is 1.51. The highest BCUT2D eigenvalue weighted by Crippen LogP contribution is 2.28. The summed E-state index contributed by atoms with van der Waals surface area (Å²) in [6, 6.07) is 12.8. The number of hydrogen-bond donors (Lipinski definition) is 2. The van der Waals surface area contributed by atoms with E-state index in [0.29, 0.717) is 33.7 Å². The van der Waals surface area contributed by atoms with Gasteiger partial charge in [0.05, 0.1) is 18.6 Å². The molecule has 9 nitrogen and oxygen atoms in total. The molecular weight excluding hydrogens is 452 g/mol. The van der Waals surface area contributed by atoms with E-state index in [4.69, 9.17) is 16.3 Å². The molecule has 0 bridgehead atoms. The molecule has 0 radical (unpaired) electrons. The minimum Gasteiger partial charge on any atom is -0.495 e. The Balaban J connectivity index is 1.50. The molecule has 0 fully saturated rings. The molecule has 0 saturated heterocycles. The Kier molecular flexibility index (Phi) is 6.42. The number of thioether (sulfide) groups is 1. The molecule has 0 unspecified atom stereocenters. The predicted molar refractivity (Wildman–Crippen MR) is 123 cm³/mol. The van der Waals surface area contributed by atoms with E-state index in [1.54, 1.807) is 18.2 Å². The highest BCUT2D eigenvalue weighted by molar-refractivity contribution is 7.99. The number of carbonyl (C=O) groups excluding carboxylic acids is 1. The lowest BCUT2D eigenvalue weighted by Crippen LogP contribution is -2.19. The maximum absolute atomic E-state index is 12.4. The first-order valence-electron chi connectivity index (χ1n) is 9.59. The average Bonchev–Trinajstić information content (AvgIpc) is 3.16. The summed E-state index contributed by atoms with van der Waals surface area (Å²) >= 11 is 7.15. The normalized spacial score (nSPS) is 11.0. The monoisotopic (exact) mass is 470 g/mol. The van der Waals surface area contributed by atoms with E-state index in [2.05, 4.69) is 25.6 Å². The Morgan fingerprint density at radius 2 is 2.00 bits per heavy atom. The smallest absolute Gasteiger partial charge is 0.274 e. The second-order valence-electron chi connectivity index (χ2n) is 6.96. The second-order valence-corrected chi connectivity index (χ2v) is 8.34. The average molecular weight is 471 g/mol. The first-order valence-corrected chi connectivity index (χ1v) is 11.0. The molecule has 4 rings (SSSR count). The van der Waals surface area contributed by atoms with Gasteiger partial charge in [0.15, 0.2) is 0 Å². The number of methoxy groups -OCH3 is 1. The van der Waals surface area contributed by atoms with Crippen LogP contribution >= 0.6 is 23.4 Å². The molecule has 0 saturated carbocycles. The van der Waals surface area contributed by atoms with Gasteiger partial charge in [-0.15, -0.1) is 10.2 Å². The van der Waals surface area contributed by atoms with Crippen molar-refractivity contribution in [3.63, 3.8) is 0 Å². The van der Waals surface area contributed by atoms with Crippen molar-refractivity contribution in [2.45, 2.75) is 18.5 Å². The quantitative estimate of drug-likeness (QED) is 0.399. The Bertz CT molecular complexity index is 1340. The third-order valence-electron chi connectivity index (χ3n) is 4.58. The molecule has 1 amide bonds. The fourth-order valence-electron chi connectivity index (χ4n) is 2.97. The molecule has 2 aromatic carbocycles. The molecule has 2 N–H and O–H groups in total. The lowest BCUT2D eigenvalue weighted by molar-refractivity contribution is -0.113. The lowest BCUT2D eigenvalue weighted by atomic mass is 10.1. The zero-order valence-electron chi connectivity index (χ0n) is 17.3. The second kappa shape index (κ2) is 9.41. The number of rotatable bonds is 7. The van der Waals surface area contributed by atoms with Crippen LogP contribution in [0.1, 0.15) is 16.8 Å². The zero-order valence-corrected chi connectivity index (χ0v) is 18.8. The highest BCUT2D eigenvalue weighted by Gasteiger charge is 2.15. The minimum atomic E-state index is -0.326. The van der Waals surface area contributed by atoms with Crippen LogP contribution in [-0.2, 0) is 11.2 Å². The maximum atomic E-state index is 12.4. The number of aryl methyl sites for hydroxylation is 1. The molecule has 11 heteroatoms. The molecule has 0 aliphatic heterocycles. The van der Waals surface area contributed by atoms with Crippen LogP contribution in [0.2, 0.25) is 5.02 Å². The number of carbonyl (C=O) groups is 1. The number of anilines is 1. The fraction of sp³-hybridized carbons (Fsp3) is 0.190. The summed E-state index contributed by atoms with van der Waals surface area (Å²) in [6.07, 6.45) is 0.364. The lowest BCUT2D eigenvalue weighted by Gasteiger charge is -2.10. The van der Waals surface area contributed by atoms with E-state index in [1.807, 2.05) is 31.2 Å². The molecule has 0 spiro atoms. The highest BCUT2D eigenvalue weighted by atomic mass is 35.5. The van der Waals surface area contributed by atoms with Crippen LogP contribution in [0.3, 0.4) is 0 Å². The van der Waals surface area contributed by atoms with E-state index >= 15 is 0 Å². The number of aromatic amines is 1.